The Bertz CT molecular complexity index is 233. The minimum atomic E-state index is -2.56. The van der Waals surface area contributed by atoms with Crippen LogP contribution in [-0.4, -0.2) is 29.7 Å². The zero-order chi connectivity index (χ0) is 8.98. The fourth-order valence-corrected chi connectivity index (χ4v) is 2.01. The number of alkyl halides is 2. The van der Waals surface area contributed by atoms with Gasteiger partial charge in [-0.2, -0.15) is 0 Å². The van der Waals surface area contributed by atoms with Gasteiger partial charge in [-0.1, -0.05) is 0 Å². The number of carboxylic acid groups (broad SMARTS) is 1. The van der Waals surface area contributed by atoms with Crippen LogP contribution in [0.5, 0.6) is 0 Å². The van der Waals surface area contributed by atoms with Crippen LogP contribution < -0.4 is 0 Å². The van der Waals surface area contributed by atoms with E-state index in [0.29, 0.717) is 0 Å². The van der Waals surface area contributed by atoms with Gasteiger partial charge in [0.05, 0.1) is 12.0 Å². The second-order valence-corrected chi connectivity index (χ2v) is 3.59. The molecule has 3 nitrogen and oxygen atoms in total. The van der Waals surface area contributed by atoms with E-state index in [1.807, 2.05) is 0 Å². The van der Waals surface area contributed by atoms with Crippen LogP contribution in [-0.2, 0) is 9.53 Å². The van der Waals surface area contributed by atoms with E-state index in [0.717, 1.165) is 0 Å². The molecule has 2 bridgehead atoms. The maximum atomic E-state index is 12.3. The van der Waals surface area contributed by atoms with Gasteiger partial charge in [-0.05, 0) is 0 Å². The van der Waals surface area contributed by atoms with Crippen molar-refractivity contribution in [3.8, 4) is 0 Å². The van der Waals surface area contributed by atoms with Crippen LogP contribution in [0.15, 0.2) is 0 Å². The molecule has 0 amide bonds. The zero-order valence-corrected chi connectivity index (χ0v) is 6.22. The second-order valence-electron chi connectivity index (χ2n) is 3.59. The fourth-order valence-electron chi connectivity index (χ4n) is 2.01. The number of rotatable bonds is 2. The van der Waals surface area contributed by atoms with Crippen molar-refractivity contribution in [2.24, 2.45) is 5.41 Å². The van der Waals surface area contributed by atoms with Crippen molar-refractivity contribution in [1.82, 2.24) is 0 Å². The molecule has 0 unspecified atom stereocenters. The number of ether oxygens (including phenoxy) is 1. The Hall–Kier alpha value is -0.710. The zero-order valence-electron chi connectivity index (χ0n) is 6.22. The van der Waals surface area contributed by atoms with Crippen LogP contribution in [0.1, 0.15) is 12.8 Å². The Morgan fingerprint density at radius 2 is 2.08 bits per heavy atom. The maximum absolute atomic E-state index is 12.3. The predicted molar refractivity (Wildman–Crippen MR) is 34.0 cm³/mol. The quantitative estimate of drug-likeness (QED) is 0.682. The van der Waals surface area contributed by atoms with E-state index in [-0.39, 0.29) is 19.4 Å². The summed E-state index contributed by atoms with van der Waals surface area (Å²) in [6.07, 6.45) is -2.63. The number of carbonyl (C=O) groups is 1. The van der Waals surface area contributed by atoms with Crippen LogP contribution in [0.3, 0.4) is 0 Å². The van der Waals surface area contributed by atoms with Crippen LogP contribution in [0.4, 0.5) is 8.78 Å². The molecule has 3 rings (SSSR count). The highest BCUT2D eigenvalue weighted by atomic mass is 19.3. The fraction of sp³-hybridized carbons (Fsp3) is 0.857. The average molecular weight is 178 g/mol. The van der Waals surface area contributed by atoms with E-state index < -0.39 is 23.4 Å². The van der Waals surface area contributed by atoms with Crippen molar-refractivity contribution < 1.29 is 23.4 Å². The number of halogens is 2. The molecule has 0 radical (unpaired) electrons. The van der Waals surface area contributed by atoms with Crippen LogP contribution in [0.2, 0.25) is 0 Å². The summed E-state index contributed by atoms with van der Waals surface area (Å²) in [7, 11) is 0. The Kier molecular flexibility index (Phi) is 1.29. The number of aliphatic carboxylic acids is 1. The number of fused-ring (bicyclic) bond motifs is 1. The summed E-state index contributed by atoms with van der Waals surface area (Å²) in [6, 6.07) is 0. The third-order valence-electron chi connectivity index (χ3n) is 2.76. The van der Waals surface area contributed by atoms with E-state index in [4.69, 9.17) is 9.84 Å². The molecule has 0 spiro atoms. The molecule has 1 aliphatic carbocycles. The molecule has 3 aliphatic rings. The minimum absolute atomic E-state index is 0.0347. The monoisotopic (exact) mass is 178 g/mol. The van der Waals surface area contributed by atoms with Crippen molar-refractivity contribution >= 4 is 5.97 Å². The van der Waals surface area contributed by atoms with Gasteiger partial charge >= 0.3 is 5.97 Å². The number of carboxylic acids is 1. The lowest BCUT2D eigenvalue weighted by molar-refractivity contribution is -0.164. The van der Waals surface area contributed by atoms with Crippen molar-refractivity contribution in [3.05, 3.63) is 0 Å². The highest BCUT2D eigenvalue weighted by Gasteiger charge is 2.70. The Labute approximate surface area is 67.3 Å². The molecule has 2 aliphatic heterocycles. The number of hydrogen-bond acceptors (Lipinski definition) is 2. The standard InChI is InChI=1S/C7H8F2O3/c8-4(9)7-1-6(2-7,3-12-7)5(10)11/h4H,1-3H2,(H,10,11). The van der Waals surface area contributed by atoms with Crippen LogP contribution in [0, 0.1) is 5.41 Å². The highest BCUT2D eigenvalue weighted by Crippen LogP contribution is 2.60. The van der Waals surface area contributed by atoms with Crippen LogP contribution >= 0.6 is 0 Å². The molecule has 5 heteroatoms. The topological polar surface area (TPSA) is 46.5 Å². The molecule has 0 aromatic rings. The summed E-state index contributed by atoms with van der Waals surface area (Å²) in [5, 5.41) is 8.68. The molecule has 12 heavy (non-hydrogen) atoms. The largest absolute Gasteiger partial charge is 0.481 e. The van der Waals surface area contributed by atoms with Crippen molar-refractivity contribution in [2.45, 2.75) is 24.9 Å². The molecule has 0 atom stereocenters. The first-order chi connectivity index (χ1) is 5.51. The van der Waals surface area contributed by atoms with Crippen molar-refractivity contribution in [1.29, 1.82) is 0 Å². The second kappa shape index (κ2) is 1.96. The Morgan fingerprint density at radius 3 is 2.33 bits per heavy atom. The van der Waals surface area contributed by atoms with E-state index in [9.17, 15) is 13.6 Å². The first-order valence-electron chi connectivity index (χ1n) is 3.66. The maximum Gasteiger partial charge on any atom is 0.312 e. The first kappa shape index (κ1) is 7.91. The van der Waals surface area contributed by atoms with Gasteiger partial charge in [0, 0.05) is 12.8 Å². The summed E-state index contributed by atoms with van der Waals surface area (Å²) >= 11 is 0. The highest BCUT2D eigenvalue weighted by molar-refractivity contribution is 5.77. The third kappa shape index (κ3) is 0.696. The summed E-state index contributed by atoms with van der Waals surface area (Å²) in [5.41, 5.74) is -2.44. The van der Waals surface area contributed by atoms with E-state index in [1.54, 1.807) is 0 Å². The minimum Gasteiger partial charge on any atom is -0.481 e. The van der Waals surface area contributed by atoms with Gasteiger partial charge in [0.25, 0.3) is 6.43 Å². The predicted octanol–water partition coefficient (Wildman–Crippen LogP) is 0.885. The summed E-state index contributed by atoms with van der Waals surface area (Å²) in [6.45, 7) is -0.0628. The average Bonchev–Trinajstić information content (AvgIpc) is 2.37. The smallest absolute Gasteiger partial charge is 0.312 e. The van der Waals surface area contributed by atoms with Gasteiger partial charge in [0.1, 0.15) is 5.60 Å². The molecule has 3 fully saturated rings. The molecule has 0 aromatic carbocycles. The van der Waals surface area contributed by atoms with E-state index in [2.05, 4.69) is 0 Å². The Balaban J connectivity index is 2.15. The molecule has 1 N–H and O–H groups in total. The van der Waals surface area contributed by atoms with Gasteiger partial charge in [-0.25, -0.2) is 8.78 Å². The van der Waals surface area contributed by atoms with Crippen molar-refractivity contribution in [3.63, 3.8) is 0 Å². The van der Waals surface area contributed by atoms with Crippen molar-refractivity contribution in [2.75, 3.05) is 6.61 Å². The third-order valence-corrected chi connectivity index (χ3v) is 2.76. The molecule has 1 saturated carbocycles. The van der Waals surface area contributed by atoms with E-state index >= 15 is 0 Å². The van der Waals surface area contributed by atoms with Gasteiger partial charge in [-0.15, -0.1) is 0 Å². The summed E-state index contributed by atoms with van der Waals surface area (Å²) in [5.74, 6) is -1.02. The molecule has 2 heterocycles. The number of hydrogen-bond donors (Lipinski definition) is 1. The lowest BCUT2D eigenvalue weighted by Crippen LogP contribution is -2.52. The van der Waals surface area contributed by atoms with Gasteiger partial charge in [0.2, 0.25) is 0 Å². The Morgan fingerprint density at radius 1 is 1.50 bits per heavy atom. The first-order valence-corrected chi connectivity index (χ1v) is 3.66. The molecule has 68 valence electrons. The van der Waals surface area contributed by atoms with Gasteiger partial charge in [0.15, 0.2) is 0 Å². The normalized spacial score (nSPS) is 44.6. The summed E-state index contributed by atoms with van der Waals surface area (Å²) in [4.78, 5) is 10.6. The molecular weight excluding hydrogens is 170 g/mol. The van der Waals surface area contributed by atoms with Crippen LogP contribution in [0.25, 0.3) is 0 Å². The summed E-state index contributed by atoms with van der Waals surface area (Å²) < 4.78 is 29.4. The van der Waals surface area contributed by atoms with E-state index in [1.165, 1.54) is 0 Å². The molecule has 0 aromatic heterocycles. The lowest BCUT2D eigenvalue weighted by atomic mass is 9.62. The molecule has 2 saturated heterocycles. The molecular formula is C7H8F2O3. The van der Waals surface area contributed by atoms with Gasteiger partial charge < -0.3 is 9.84 Å². The SMILES string of the molecule is O=C(O)C12COC(C(F)F)(C1)C2. The van der Waals surface area contributed by atoms with Gasteiger partial charge in [-0.3, -0.25) is 4.79 Å². The lowest BCUT2D eigenvalue weighted by Gasteiger charge is -2.40.